The summed E-state index contributed by atoms with van der Waals surface area (Å²) in [7, 11) is 0. The minimum atomic E-state index is -0.113. The van der Waals surface area contributed by atoms with Gasteiger partial charge in [0, 0.05) is 19.1 Å². The maximum atomic E-state index is 14.5. The summed E-state index contributed by atoms with van der Waals surface area (Å²) in [5.74, 6) is -0.113. The van der Waals surface area contributed by atoms with Crippen molar-refractivity contribution in [3.05, 3.63) is 29.6 Å². The lowest BCUT2D eigenvalue weighted by molar-refractivity contribution is 0.0297. The molecule has 1 saturated heterocycles. The van der Waals surface area contributed by atoms with E-state index in [9.17, 15) is 4.39 Å². The smallest absolute Gasteiger partial charge is 0.146 e. The van der Waals surface area contributed by atoms with Gasteiger partial charge in [-0.25, -0.2) is 4.39 Å². The lowest BCUT2D eigenvalue weighted by Gasteiger charge is -2.40. The Balaban J connectivity index is 1.73. The number of nitrogens with zero attached hydrogens (tertiary/aromatic N) is 1. The highest BCUT2D eigenvalue weighted by atomic mass is 19.1. The van der Waals surface area contributed by atoms with E-state index in [1.54, 1.807) is 6.07 Å². The van der Waals surface area contributed by atoms with Crippen LogP contribution in [0.4, 0.5) is 10.1 Å². The molecule has 1 saturated carbocycles. The van der Waals surface area contributed by atoms with Gasteiger partial charge in [0.05, 0.1) is 24.4 Å². The van der Waals surface area contributed by atoms with Crippen LogP contribution in [-0.2, 0) is 11.3 Å². The molecule has 1 aliphatic carbocycles. The Labute approximate surface area is 126 Å². The van der Waals surface area contributed by atoms with E-state index in [0.29, 0.717) is 18.3 Å². The fraction of sp³-hybridized carbons (Fsp3) is 0.647. The Bertz CT molecular complexity index is 490. The van der Waals surface area contributed by atoms with Gasteiger partial charge in [-0.2, -0.15) is 0 Å². The summed E-state index contributed by atoms with van der Waals surface area (Å²) in [5, 5.41) is 3.43. The minimum Gasteiger partial charge on any atom is -0.375 e. The molecule has 116 valence electrons. The average molecular weight is 292 g/mol. The van der Waals surface area contributed by atoms with Crippen molar-refractivity contribution in [2.75, 3.05) is 18.1 Å². The number of nitrogens with one attached hydrogen (secondary N) is 1. The van der Waals surface area contributed by atoms with Crippen molar-refractivity contribution in [3.8, 4) is 0 Å². The molecule has 3 rings (SSSR count). The van der Waals surface area contributed by atoms with Gasteiger partial charge in [-0.1, -0.05) is 13.0 Å². The molecular formula is C17H25FN2O. The molecular weight excluding hydrogens is 267 g/mol. The molecule has 0 spiro atoms. The lowest BCUT2D eigenvalue weighted by Crippen LogP contribution is -2.49. The van der Waals surface area contributed by atoms with Crippen LogP contribution in [0.25, 0.3) is 0 Å². The van der Waals surface area contributed by atoms with E-state index in [0.717, 1.165) is 25.1 Å². The average Bonchev–Trinajstić information content (AvgIpc) is 3.29. The van der Waals surface area contributed by atoms with Gasteiger partial charge in [-0.3, -0.25) is 0 Å². The van der Waals surface area contributed by atoms with Crippen LogP contribution in [0.2, 0.25) is 0 Å². The van der Waals surface area contributed by atoms with Crippen molar-refractivity contribution in [1.29, 1.82) is 0 Å². The SMILES string of the molecule is CCC1COC(C)CN1c1ccc(CNC2CC2)cc1F. The molecule has 2 unspecified atom stereocenters. The summed E-state index contributed by atoms with van der Waals surface area (Å²) < 4.78 is 20.2. The first kappa shape index (κ1) is 14.8. The number of benzene rings is 1. The Kier molecular flexibility index (Phi) is 4.45. The van der Waals surface area contributed by atoms with Crippen LogP contribution in [0.5, 0.6) is 0 Å². The summed E-state index contributed by atoms with van der Waals surface area (Å²) in [6.45, 7) is 6.38. The van der Waals surface area contributed by atoms with Gasteiger partial charge in [0.15, 0.2) is 0 Å². The maximum Gasteiger partial charge on any atom is 0.146 e. The molecule has 21 heavy (non-hydrogen) atoms. The van der Waals surface area contributed by atoms with Crippen LogP contribution >= 0.6 is 0 Å². The fourth-order valence-corrected chi connectivity index (χ4v) is 2.92. The second-order valence-corrected chi connectivity index (χ2v) is 6.30. The highest BCUT2D eigenvalue weighted by Crippen LogP contribution is 2.27. The third-order valence-corrected chi connectivity index (χ3v) is 4.43. The number of rotatable bonds is 5. The molecule has 0 radical (unpaired) electrons. The largest absolute Gasteiger partial charge is 0.375 e. The Morgan fingerprint density at radius 2 is 2.19 bits per heavy atom. The first-order valence-corrected chi connectivity index (χ1v) is 8.07. The van der Waals surface area contributed by atoms with E-state index in [-0.39, 0.29) is 18.0 Å². The summed E-state index contributed by atoms with van der Waals surface area (Å²) in [6, 6.07) is 6.57. The minimum absolute atomic E-state index is 0.113. The van der Waals surface area contributed by atoms with Gasteiger partial charge in [0.1, 0.15) is 5.82 Å². The van der Waals surface area contributed by atoms with Crippen molar-refractivity contribution in [2.24, 2.45) is 0 Å². The van der Waals surface area contributed by atoms with E-state index in [1.165, 1.54) is 12.8 Å². The third kappa shape index (κ3) is 3.55. The topological polar surface area (TPSA) is 24.5 Å². The van der Waals surface area contributed by atoms with Gasteiger partial charge in [0.2, 0.25) is 0 Å². The number of morpholine rings is 1. The van der Waals surface area contributed by atoms with Crippen LogP contribution in [0, 0.1) is 5.82 Å². The molecule has 1 heterocycles. The number of anilines is 1. The summed E-state index contributed by atoms with van der Waals surface area (Å²) in [4.78, 5) is 2.17. The molecule has 2 aliphatic rings. The van der Waals surface area contributed by atoms with Crippen LogP contribution < -0.4 is 10.2 Å². The third-order valence-electron chi connectivity index (χ3n) is 4.43. The highest BCUT2D eigenvalue weighted by molar-refractivity contribution is 5.50. The van der Waals surface area contributed by atoms with Gasteiger partial charge < -0.3 is 15.0 Å². The Hall–Kier alpha value is -1.13. The maximum absolute atomic E-state index is 14.5. The van der Waals surface area contributed by atoms with Crippen molar-refractivity contribution in [3.63, 3.8) is 0 Å². The highest BCUT2D eigenvalue weighted by Gasteiger charge is 2.27. The number of halogens is 1. The van der Waals surface area contributed by atoms with E-state index in [4.69, 9.17) is 4.74 Å². The van der Waals surface area contributed by atoms with Crippen LogP contribution in [0.3, 0.4) is 0 Å². The molecule has 2 atom stereocenters. The van der Waals surface area contributed by atoms with Gasteiger partial charge >= 0.3 is 0 Å². The van der Waals surface area contributed by atoms with Crippen LogP contribution in [-0.4, -0.2) is 31.3 Å². The molecule has 1 aromatic carbocycles. The van der Waals surface area contributed by atoms with Crippen molar-refractivity contribution >= 4 is 5.69 Å². The van der Waals surface area contributed by atoms with E-state index in [2.05, 4.69) is 17.1 Å². The number of ether oxygens (including phenoxy) is 1. The van der Waals surface area contributed by atoms with Crippen molar-refractivity contribution in [2.45, 2.75) is 57.8 Å². The van der Waals surface area contributed by atoms with Gasteiger partial charge in [0.25, 0.3) is 0 Å². The fourth-order valence-electron chi connectivity index (χ4n) is 2.92. The second-order valence-electron chi connectivity index (χ2n) is 6.30. The first-order valence-electron chi connectivity index (χ1n) is 8.07. The zero-order valence-electron chi connectivity index (χ0n) is 12.9. The Morgan fingerprint density at radius 3 is 2.86 bits per heavy atom. The molecule has 1 N–H and O–H groups in total. The number of hydrogen-bond acceptors (Lipinski definition) is 3. The van der Waals surface area contributed by atoms with Crippen molar-refractivity contribution in [1.82, 2.24) is 5.32 Å². The Morgan fingerprint density at radius 1 is 1.38 bits per heavy atom. The molecule has 0 amide bonds. The predicted molar refractivity (Wildman–Crippen MR) is 83.1 cm³/mol. The summed E-state index contributed by atoms with van der Waals surface area (Å²) in [6.07, 6.45) is 3.63. The molecule has 0 aromatic heterocycles. The van der Waals surface area contributed by atoms with Crippen LogP contribution in [0.15, 0.2) is 18.2 Å². The lowest BCUT2D eigenvalue weighted by atomic mass is 10.1. The van der Waals surface area contributed by atoms with E-state index >= 15 is 0 Å². The normalized spacial score (nSPS) is 26.1. The van der Waals surface area contributed by atoms with Gasteiger partial charge in [-0.05, 0) is 43.9 Å². The predicted octanol–water partition coefficient (Wildman–Crippen LogP) is 3.08. The van der Waals surface area contributed by atoms with Crippen LogP contribution in [0.1, 0.15) is 38.7 Å². The molecule has 2 fully saturated rings. The molecule has 3 nitrogen and oxygen atoms in total. The monoisotopic (exact) mass is 292 g/mol. The molecule has 4 heteroatoms. The summed E-state index contributed by atoms with van der Waals surface area (Å²) >= 11 is 0. The standard InChI is InChI=1S/C17H25FN2O/c1-3-15-11-21-12(2)10-20(15)17-7-4-13(8-16(17)18)9-19-14-5-6-14/h4,7-8,12,14-15,19H,3,5-6,9-11H2,1-2H3. The quantitative estimate of drug-likeness (QED) is 0.902. The van der Waals surface area contributed by atoms with E-state index < -0.39 is 0 Å². The van der Waals surface area contributed by atoms with E-state index in [1.807, 2.05) is 19.1 Å². The molecule has 1 aliphatic heterocycles. The molecule has 1 aromatic rings. The molecule has 0 bridgehead atoms. The van der Waals surface area contributed by atoms with Crippen molar-refractivity contribution < 1.29 is 9.13 Å². The first-order chi connectivity index (χ1) is 10.2. The zero-order valence-corrected chi connectivity index (χ0v) is 12.9. The summed E-state index contributed by atoms with van der Waals surface area (Å²) in [5.41, 5.74) is 1.74. The second kappa shape index (κ2) is 6.32. The zero-order chi connectivity index (χ0) is 14.8. The van der Waals surface area contributed by atoms with Gasteiger partial charge in [-0.15, -0.1) is 0 Å². The number of hydrogen-bond donors (Lipinski definition) is 1.